The van der Waals surface area contributed by atoms with Crippen molar-refractivity contribution in [1.82, 2.24) is 4.98 Å². The Morgan fingerprint density at radius 2 is 1.83 bits per heavy atom. The second-order valence-corrected chi connectivity index (χ2v) is 4.57. The average Bonchev–Trinajstić information content (AvgIpc) is 2.51. The van der Waals surface area contributed by atoms with E-state index in [2.05, 4.69) is 10.3 Å². The van der Waals surface area contributed by atoms with E-state index >= 15 is 0 Å². The number of alkyl halides is 5. The molecule has 0 fully saturated rings. The van der Waals surface area contributed by atoms with Gasteiger partial charge in [-0.05, 0) is 12.1 Å². The summed E-state index contributed by atoms with van der Waals surface area (Å²) in [6.45, 7) is -0.328. The number of hydrogen-bond donors (Lipinski definition) is 1. The highest BCUT2D eigenvalue weighted by molar-refractivity contribution is 5.54. The van der Waals surface area contributed by atoms with Crippen LogP contribution in [0.2, 0.25) is 0 Å². The molecule has 0 aliphatic rings. The summed E-state index contributed by atoms with van der Waals surface area (Å²) in [6.07, 6.45) is -7.33. The van der Waals surface area contributed by atoms with Crippen LogP contribution in [0.4, 0.5) is 27.6 Å². The molecule has 0 spiro atoms. The lowest BCUT2D eigenvalue weighted by atomic mass is 10.1. The van der Waals surface area contributed by atoms with Crippen molar-refractivity contribution >= 4 is 5.69 Å². The molecule has 1 aromatic heterocycles. The van der Waals surface area contributed by atoms with Crippen LogP contribution in [0.1, 0.15) is 23.2 Å². The number of benzene rings is 1. The minimum atomic E-state index is -4.60. The van der Waals surface area contributed by atoms with Gasteiger partial charge in [0.2, 0.25) is 5.88 Å². The van der Waals surface area contributed by atoms with E-state index in [1.165, 1.54) is 18.2 Å². The zero-order valence-corrected chi connectivity index (χ0v) is 12.0. The topological polar surface area (TPSA) is 34.1 Å². The maximum absolute atomic E-state index is 13.0. The van der Waals surface area contributed by atoms with E-state index in [1.54, 1.807) is 13.1 Å². The lowest BCUT2D eigenvalue weighted by Crippen LogP contribution is -2.10. The lowest BCUT2D eigenvalue weighted by Gasteiger charge is -2.15. The Kier molecular flexibility index (Phi) is 5.02. The van der Waals surface area contributed by atoms with E-state index in [1.807, 2.05) is 0 Å². The third kappa shape index (κ3) is 4.08. The molecule has 0 bridgehead atoms. The molecule has 0 aliphatic carbocycles. The fourth-order valence-electron chi connectivity index (χ4n) is 2.00. The summed E-state index contributed by atoms with van der Waals surface area (Å²) in [5.41, 5.74) is -0.770. The Bertz CT molecular complexity index is 673. The number of aromatic nitrogens is 1. The smallest absolute Gasteiger partial charge is 0.433 e. The Hall–Kier alpha value is -2.38. The fraction of sp³-hybridized carbons (Fsp3) is 0.267. The molecule has 0 amide bonds. The summed E-state index contributed by atoms with van der Waals surface area (Å²) >= 11 is 0. The predicted octanol–water partition coefficient (Wildman–Crippen LogP) is 4.66. The van der Waals surface area contributed by atoms with Gasteiger partial charge >= 0.3 is 6.18 Å². The van der Waals surface area contributed by atoms with Crippen molar-refractivity contribution in [2.24, 2.45) is 0 Å². The second-order valence-electron chi connectivity index (χ2n) is 4.57. The molecule has 0 radical (unpaired) electrons. The van der Waals surface area contributed by atoms with Crippen LogP contribution < -0.4 is 10.1 Å². The molecule has 0 aliphatic heterocycles. The summed E-state index contributed by atoms with van der Waals surface area (Å²) in [4.78, 5) is 3.33. The van der Waals surface area contributed by atoms with Crippen molar-refractivity contribution in [3.63, 3.8) is 0 Å². The molecule has 0 saturated heterocycles. The monoisotopic (exact) mass is 332 g/mol. The van der Waals surface area contributed by atoms with Crippen molar-refractivity contribution < 1.29 is 26.7 Å². The Balaban J connectivity index is 2.25. The van der Waals surface area contributed by atoms with E-state index in [0.717, 1.165) is 12.1 Å². The molecule has 1 heterocycles. The first-order chi connectivity index (χ1) is 10.8. The summed E-state index contributed by atoms with van der Waals surface area (Å²) in [5.74, 6) is -0.286. The standard InChI is InChI=1S/C15H13F5N2O/c1-21-11-5-2-4-9(14(16)17)10(11)8-23-13-7-3-6-12(22-13)15(18,19)20/h2-7,14,21H,8H2,1H3. The summed E-state index contributed by atoms with van der Waals surface area (Å²) in [6, 6.07) is 7.45. The van der Waals surface area contributed by atoms with Gasteiger partial charge in [0, 0.05) is 29.9 Å². The molecule has 0 unspecified atom stereocenters. The SMILES string of the molecule is CNc1cccc(C(F)F)c1COc1cccc(C(F)(F)F)n1. The maximum Gasteiger partial charge on any atom is 0.433 e. The quantitative estimate of drug-likeness (QED) is 0.809. The van der Waals surface area contributed by atoms with Crippen molar-refractivity contribution in [1.29, 1.82) is 0 Å². The van der Waals surface area contributed by atoms with Crippen LogP contribution in [0.5, 0.6) is 5.88 Å². The molecule has 2 rings (SSSR count). The number of pyridine rings is 1. The number of halogens is 5. The predicted molar refractivity (Wildman–Crippen MR) is 74.5 cm³/mol. The van der Waals surface area contributed by atoms with Gasteiger partial charge in [0.05, 0.1) is 0 Å². The van der Waals surface area contributed by atoms with Crippen molar-refractivity contribution in [3.8, 4) is 5.88 Å². The molecular weight excluding hydrogens is 319 g/mol. The molecule has 1 aromatic carbocycles. The Morgan fingerprint density at radius 3 is 2.43 bits per heavy atom. The van der Waals surface area contributed by atoms with Gasteiger partial charge in [0.1, 0.15) is 12.3 Å². The highest BCUT2D eigenvalue weighted by atomic mass is 19.4. The Labute approximate surface area is 129 Å². The zero-order chi connectivity index (χ0) is 17.0. The zero-order valence-electron chi connectivity index (χ0n) is 12.0. The van der Waals surface area contributed by atoms with Gasteiger partial charge in [0.25, 0.3) is 6.43 Å². The van der Waals surface area contributed by atoms with Crippen molar-refractivity contribution in [2.75, 3.05) is 12.4 Å². The molecule has 2 aromatic rings. The average molecular weight is 332 g/mol. The largest absolute Gasteiger partial charge is 0.473 e. The second kappa shape index (κ2) is 6.80. The van der Waals surface area contributed by atoms with Crippen LogP contribution in [0.25, 0.3) is 0 Å². The van der Waals surface area contributed by atoms with Crippen LogP contribution in [0.15, 0.2) is 36.4 Å². The number of anilines is 1. The van der Waals surface area contributed by atoms with E-state index < -0.39 is 18.3 Å². The van der Waals surface area contributed by atoms with Crippen LogP contribution >= 0.6 is 0 Å². The molecule has 3 nitrogen and oxygen atoms in total. The molecule has 1 N–H and O–H groups in total. The highest BCUT2D eigenvalue weighted by Gasteiger charge is 2.32. The van der Waals surface area contributed by atoms with E-state index in [4.69, 9.17) is 4.74 Å². The molecule has 8 heteroatoms. The van der Waals surface area contributed by atoms with Crippen LogP contribution in [-0.2, 0) is 12.8 Å². The maximum atomic E-state index is 13.0. The van der Waals surface area contributed by atoms with Crippen LogP contribution in [-0.4, -0.2) is 12.0 Å². The van der Waals surface area contributed by atoms with Crippen LogP contribution in [0, 0.1) is 0 Å². The highest BCUT2D eigenvalue weighted by Crippen LogP contribution is 2.31. The van der Waals surface area contributed by atoms with Crippen molar-refractivity contribution in [3.05, 3.63) is 53.2 Å². The fourth-order valence-corrected chi connectivity index (χ4v) is 2.00. The van der Waals surface area contributed by atoms with Gasteiger partial charge in [-0.15, -0.1) is 0 Å². The van der Waals surface area contributed by atoms with Gasteiger partial charge in [0.15, 0.2) is 0 Å². The van der Waals surface area contributed by atoms with Crippen LogP contribution in [0.3, 0.4) is 0 Å². The van der Waals surface area contributed by atoms with Gasteiger partial charge in [-0.25, -0.2) is 13.8 Å². The molecule has 23 heavy (non-hydrogen) atoms. The molecule has 0 saturated carbocycles. The third-order valence-corrected chi connectivity index (χ3v) is 3.10. The summed E-state index contributed by atoms with van der Waals surface area (Å²) < 4.78 is 69.0. The first kappa shape index (κ1) is 17.0. The van der Waals surface area contributed by atoms with Gasteiger partial charge in [-0.1, -0.05) is 18.2 Å². The number of nitrogens with one attached hydrogen (secondary N) is 1. The van der Waals surface area contributed by atoms with Crippen molar-refractivity contribution in [2.45, 2.75) is 19.2 Å². The third-order valence-electron chi connectivity index (χ3n) is 3.10. The molecular formula is C15H13F5N2O. The first-order valence-electron chi connectivity index (χ1n) is 6.57. The summed E-state index contributed by atoms with van der Waals surface area (Å²) in [7, 11) is 1.55. The van der Waals surface area contributed by atoms with Gasteiger partial charge in [-0.3, -0.25) is 0 Å². The van der Waals surface area contributed by atoms with Gasteiger partial charge in [-0.2, -0.15) is 13.2 Å². The lowest BCUT2D eigenvalue weighted by molar-refractivity contribution is -0.141. The summed E-state index contributed by atoms with van der Waals surface area (Å²) in [5, 5.41) is 2.75. The minimum Gasteiger partial charge on any atom is -0.473 e. The first-order valence-corrected chi connectivity index (χ1v) is 6.57. The number of rotatable bonds is 5. The molecule has 0 atom stereocenters. The number of ether oxygens (including phenoxy) is 1. The number of hydrogen-bond acceptors (Lipinski definition) is 3. The van der Waals surface area contributed by atoms with E-state index in [0.29, 0.717) is 5.69 Å². The Morgan fingerprint density at radius 1 is 1.13 bits per heavy atom. The van der Waals surface area contributed by atoms with Gasteiger partial charge < -0.3 is 10.1 Å². The van der Waals surface area contributed by atoms with E-state index in [-0.39, 0.29) is 23.6 Å². The molecule has 124 valence electrons. The van der Waals surface area contributed by atoms with E-state index in [9.17, 15) is 22.0 Å². The minimum absolute atomic E-state index is 0.171. The normalized spacial score (nSPS) is 11.6. The number of nitrogens with zero attached hydrogens (tertiary/aromatic N) is 1.